The lowest BCUT2D eigenvalue weighted by Crippen LogP contribution is -2.03. The number of carboxylic acids is 1. The molecule has 4 nitrogen and oxygen atoms in total. The van der Waals surface area contributed by atoms with Crippen molar-refractivity contribution in [2.75, 3.05) is 0 Å². The number of rotatable bonds is 4. The molecule has 1 heterocycles. The standard InChI is InChI=1S/C14H13BrClNO3/c1-7(2)5-11-12(14(18)19)20-13(17-11)8-3-4-10(16)9(15)6-8/h3-4,6-7H,5H2,1-2H3,(H,18,19). The fourth-order valence-corrected chi connectivity index (χ4v) is 2.29. The second-order valence-corrected chi connectivity index (χ2v) is 6.09. The van der Waals surface area contributed by atoms with Crippen LogP contribution in [-0.2, 0) is 6.42 Å². The molecule has 1 aromatic carbocycles. The van der Waals surface area contributed by atoms with E-state index >= 15 is 0 Å². The molecule has 0 fully saturated rings. The molecule has 0 aliphatic rings. The third-order valence-electron chi connectivity index (χ3n) is 2.66. The zero-order valence-electron chi connectivity index (χ0n) is 11.0. The first-order chi connectivity index (χ1) is 9.38. The van der Waals surface area contributed by atoms with E-state index in [4.69, 9.17) is 16.0 Å². The molecule has 1 N–H and O–H groups in total. The minimum Gasteiger partial charge on any atom is -0.475 e. The predicted octanol–water partition coefficient (Wildman–Crippen LogP) is 4.65. The molecule has 0 amide bonds. The Morgan fingerprint density at radius 2 is 2.20 bits per heavy atom. The summed E-state index contributed by atoms with van der Waals surface area (Å²) in [6, 6.07) is 5.19. The van der Waals surface area contributed by atoms with E-state index in [0.717, 1.165) is 0 Å². The maximum absolute atomic E-state index is 11.2. The van der Waals surface area contributed by atoms with Crippen LogP contribution in [0.3, 0.4) is 0 Å². The first kappa shape index (κ1) is 15.1. The number of halogens is 2. The van der Waals surface area contributed by atoms with Crippen LogP contribution in [0.4, 0.5) is 0 Å². The molecule has 0 spiro atoms. The number of nitrogens with zero attached hydrogens (tertiary/aromatic N) is 1. The summed E-state index contributed by atoms with van der Waals surface area (Å²) in [7, 11) is 0. The fraction of sp³-hybridized carbons (Fsp3) is 0.286. The van der Waals surface area contributed by atoms with Crippen LogP contribution in [0.25, 0.3) is 11.5 Å². The van der Waals surface area contributed by atoms with Gasteiger partial charge in [-0.25, -0.2) is 9.78 Å². The van der Waals surface area contributed by atoms with E-state index in [-0.39, 0.29) is 11.7 Å². The quantitative estimate of drug-likeness (QED) is 0.863. The van der Waals surface area contributed by atoms with Crippen molar-refractivity contribution < 1.29 is 14.3 Å². The van der Waals surface area contributed by atoms with Crippen molar-refractivity contribution in [2.45, 2.75) is 20.3 Å². The summed E-state index contributed by atoms with van der Waals surface area (Å²) < 4.78 is 6.09. The van der Waals surface area contributed by atoms with E-state index in [1.54, 1.807) is 18.2 Å². The van der Waals surface area contributed by atoms with E-state index in [1.807, 2.05) is 13.8 Å². The number of oxazole rings is 1. The average Bonchev–Trinajstić information content (AvgIpc) is 2.76. The van der Waals surface area contributed by atoms with Gasteiger partial charge >= 0.3 is 5.97 Å². The van der Waals surface area contributed by atoms with Crippen LogP contribution in [0.5, 0.6) is 0 Å². The van der Waals surface area contributed by atoms with Crippen LogP contribution in [0.1, 0.15) is 30.1 Å². The van der Waals surface area contributed by atoms with Crippen LogP contribution in [0.2, 0.25) is 5.02 Å². The molecule has 0 unspecified atom stereocenters. The van der Waals surface area contributed by atoms with Gasteiger partial charge in [0.15, 0.2) is 0 Å². The van der Waals surface area contributed by atoms with Gasteiger partial charge in [0.2, 0.25) is 11.7 Å². The first-order valence-corrected chi connectivity index (χ1v) is 7.24. The molecular weight excluding hydrogens is 346 g/mol. The molecule has 0 aliphatic heterocycles. The first-order valence-electron chi connectivity index (χ1n) is 6.07. The highest BCUT2D eigenvalue weighted by Gasteiger charge is 2.21. The highest BCUT2D eigenvalue weighted by molar-refractivity contribution is 9.10. The highest BCUT2D eigenvalue weighted by atomic mass is 79.9. The van der Waals surface area contributed by atoms with Crippen molar-refractivity contribution in [2.24, 2.45) is 5.92 Å². The number of hydrogen-bond acceptors (Lipinski definition) is 3. The molecule has 0 saturated heterocycles. The summed E-state index contributed by atoms with van der Waals surface area (Å²) in [6.07, 6.45) is 0.555. The Morgan fingerprint density at radius 1 is 1.50 bits per heavy atom. The van der Waals surface area contributed by atoms with E-state index in [2.05, 4.69) is 20.9 Å². The van der Waals surface area contributed by atoms with Crippen molar-refractivity contribution in [1.29, 1.82) is 0 Å². The van der Waals surface area contributed by atoms with E-state index in [9.17, 15) is 9.90 Å². The van der Waals surface area contributed by atoms with Crippen LogP contribution >= 0.6 is 27.5 Å². The van der Waals surface area contributed by atoms with Gasteiger partial charge in [-0.15, -0.1) is 0 Å². The van der Waals surface area contributed by atoms with Crippen LogP contribution in [0.15, 0.2) is 27.1 Å². The minimum absolute atomic E-state index is 0.0974. The Hall–Kier alpha value is -1.33. The molecule has 2 aromatic rings. The summed E-state index contributed by atoms with van der Waals surface area (Å²) in [5.74, 6) is -0.620. The number of hydrogen-bond donors (Lipinski definition) is 1. The zero-order valence-corrected chi connectivity index (χ0v) is 13.3. The molecule has 6 heteroatoms. The van der Waals surface area contributed by atoms with Gasteiger partial charge in [-0.05, 0) is 46.5 Å². The third kappa shape index (κ3) is 3.22. The molecule has 0 aliphatic carbocycles. The molecule has 0 bridgehead atoms. The molecule has 2 rings (SSSR count). The summed E-state index contributed by atoms with van der Waals surface area (Å²) >= 11 is 9.25. The van der Waals surface area contributed by atoms with E-state index < -0.39 is 5.97 Å². The predicted molar refractivity (Wildman–Crippen MR) is 80.2 cm³/mol. The van der Waals surface area contributed by atoms with Crippen LogP contribution in [0, 0.1) is 5.92 Å². The van der Waals surface area contributed by atoms with Gasteiger partial charge in [0, 0.05) is 10.0 Å². The topological polar surface area (TPSA) is 63.3 Å². The van der Waals surface area contributed by atoms with Gasteiger partial charge < -0.3 is 9.52 Å². The lowest BCUT2D eigenvalue weighted by molar-refractivity contribution is 0.0661. The Bertz CT molecular complexity index is 652. The molecule has 0 radical (unpaired) electrons. The smallest absolute Gasteiger partial charge is 0.373 e. The summed E-state index contributed by atoms with van der Waals surface area (Å²) in [4.78, 5) is 15.5. The van der Waals surface area contributed by atoms with Crippen molar-refractivity contribution in [1.82, 2.24) is 4.98 Å². The molecular formula is C14H13BrClNO3. The van der Waals surface area contributed by atoms with Gasteiger partial charge in [0.05, 0.1) is 10.7 Å². The van der Waals surface area contributed by atoms with Crippen molar-refractivity contribution in [3.8, 4) is 11.5 Å². The Kier molecular flexibility index (Phi) is 4.50. The van der Waals surface area contributed by atoms with Gasteiger partial charge in [0.1, 0.15) is 0 Å². The second-order valence-electron chi connectivity index (χ2n) is 4.83. The van der Waals surface area contributed by atoms with Crippen LogP contribution in [-0.4, -0.2) is 16.1 Å². The lowest BCUT2D eigenvalue weighted by Gasteiger charge is -2.00. The van der Waals surface area contributed by atoms with Crippen molar-refractivity contribution in [3.05, 3.63) is 39.1 Å². The number of aromatic carboxylic acids is 1. The zero-order chi connectivity index (χ0) is 14.9. The largest absolute Gasteiger partial charge is 0.475 e. The Labute approximate surface area is 129 Å². The number of benzene rings is 1. The molecule has 20 heavy (non-hydrogen) atoms. The maximum Gasteiger partial charge on any atom is 0.373 e. The normalized spacial score (nSPS) is 11.1. The minimum atomic E-state index is -1.10. The van der Waals surface area contributed by atoms with Gasteiger partial charge in [0.25, 0.3) is 0 Å². The Balaban J connectivity index is 2.46. The van der Waals surface area contributed by atoms with E-state index in [0.29, 0.717) is 33.1 Å². The molecule has 0 saturated carbocycles. The number of carbonyl (C=O) groups is 1. The summed E-state index contributed by atoms with van der Waals surface area (Å²) in [5, 5.41) is 9.74. The van der Waals surface area contributed by atoms with E-state index in [1.165, 1.54) is 0 Å². The highest BCUT2D eigenvalue weighted by Crippen LogP contribution is 2.30. The average molecular weight is 359 g/mol. The van der Waals surface area contributed by atoms with Crippen molar-refractivity contribution in [3.63, 3.8) is 0 Å². The monoisotopic (exact) mass is 357 g/mol. The number of carboxylic acid groups (broad SMARTS) is 1. The SMILES string of the molecule is CC(C)Cc1nc(-c2ccc(Cl)c(Br)c2)oc1C(=O)O. The number of aromatic nitrogens is 1. The maximum atomic E-state index is 11.2. The van der Waals surface area contributed by atoms with Gasteiger partial charge in [-0.2, -0.15) is 0 Å². The molecule has 0 atom stereocenters. The van der Waals surface area contributed by atoms with Gasteiger partial charge in [-0.1, -0.05) is 25.4 Å². The summed E-state index contributed by atoms with van der Waals surface area (Å²) in [5.41, 5.74) is 1.15. The second kappa shape index (κ2) is 5.97. The third-order valence-corrected chi connectivity index (χ3v) is 3.87. The molecule has 106 valence electrons. The Morgan fingerprint density at radius 3 is 2.75 bits per heavy atom. The van der Waals surface area contributed by atoms with Crippen LogP contribution < -0.4 is 0 Å². The molecule has 1 aromatic heterocycles. The summed E-state index contributed by atoms with van der Waals surface area (Å²) in [6.45, 7) is 4.00. The van der Waals surface area contributed by atoms with Crippen molar-refractivity contribution >= 4 is 33.5 Å². The van der Waals surface area contributed by atoms with Gasteiger partial charge in [-0.3, -0.25) is 0 Å². The fourth-order valence-electron chi connectivity index (χ4n) is 1.80. The lowest BCUT2D eigenvalue weighted by atomic mass is 10.1.